The molecule has 3 aromatic rings. The Kier molecular flexibility index (Phi) is 2.40. The SMILES string of the molecule is CC(C)(C)C1Nc2ccccc2-c2cnnc3[nH]cc1c23. The van der Waals surface area contributed by atoms with E-state index in [0.717, 1.165) is 16.9 Å². The number of fused-ring (bicyclic) bond motifs is 2. The molecule has 0 bridgehead atoms. The number of para-hydroxylation sites is 1. The van der Waals surface area contributed by atoms with E-state index in [1.54, 1.807) is 0 Å². The average molecular weight is 278 g/mol. The molecular formula is C17H18N4. The van der Waals surface area contributed by atoms with Crippen LogP contribution < -0.4 is 5.32 Å². The highest BCUT2D eigenvalue weighted by atomic mass is 15.1. The van der Waals surface area contributed by atoms with Gasteiger partial charge in [0.05, 0.1) is 12.2 Å². The van der Waals surface area contributed by atoms with Crippen LogP contribution in [0.15, 0.2) is 36.7 Å². The summed E-state index contributed by atoms with van der Waals surface area (Å²) in [6.45, 7) is 6.77. The molecule has 21 heavy (non-hydrogen) atoms. The van der Waals surface area contributed by atoms with Crippen LogP contribution in [0, 0.1) is 5.41 Å². The van der Waals surface area contributed by atoms with Crippen molar-refractivity contribution in [2.75, 3.05) is 5.32 Å². The molecule has 4 rings (SSSR count). The zero-order valence-electron chi connectivity index (χ0n) is 12.4. The fourth-order valence-corrected chi connectivity index (χ4v) is 3.19. The number of nitrogens with zero attached hydrogens (tertiary/aromatic N) is 2. The number of H-pyrrole nitrogens is 1. The van der Waals surface area contributed by atoms with Gasteiger partial charge in [-0.05, 0) is 11.5 Å². The van der Waals surface area contributed by atoms with Crippen molar-refractivity contribution in [1.29, 1.82) is 0 Å². The first-order valence-electron chi connectivity index (χ1n) is 7.24. The van der Waals surface area contributed by atoms with E-state index in [1.165, 1.54) is 16.5 Å². The molecule has 4 heteroatoms. The molecule has 1 aliphatic rings. The topological polar surface area (TPSA) is 53.6 Å². The Labute approximate surface area is 123 Å². The molecule has 0 radical (unpaired) electrons. The van der Waals surface area contributed by atoms with E-state index < -0.39 is 0 Å². The lowest BCUT2D eigenvalue weighted by molar-refractivity contribution is 0.349. The van der Waals surface area contributed by atoms with Gasteiger partial charge in [0, 0.05) is 34.0 Å². The molecule has 2 aromatic heterocycles. The Morgan fingerprint density at radius 2 is 1.90 bits per heavy atom. The normalized spacial score (nSPS) is 17.2. The lowest BCUT2D eigenvalue weighted by Crippen LogP contribution is -2.25. The third-order valence-electron chi connectivity index (χ3n) is 4.20. The summed E-state index contributed by atoms with van der Waals surface area (Å²) in [5.41, 5.74) is 5.69. The zero-order chi connectivity index (χ0) is 14.6. The molecule has 0 aliphatic carbocycles. The molecule has 0 amide bonds. The summed E-state index contributed by atoms with van der Waals surface area (Å²) in [7, 11) is 0. The van der Waals surface area contributed by atoms with E-state index in [0.29, 0.717) is 0 Å². The molecule has 0 saturated carbocycles. The van der Waals surface area contributed by atoms with Crippen LogP contribution in [0.2, 0.25) is 0 Å². The second-order valence-electron chi connectivity index (χ2n) is 6.71. The van der Waals surface area contributed by atoms with E-state index in [-0.39, 0.29) is 11.5 Å². The number of aromatic nitrogens is 3. The van der Waals surface area contributed by atoms with Gasteiger partial charge in [0.15, 0.2) is 5.65 Å². The summed E-state index contributed by atoms with van der Waals surface area (Å²) in [6, 6.07) is 8.63. The number of anilines is 1. The highest BCUT2D eigenvalue weighted by Crippen LogP contribution is 2.46. The van der Waals surface area contributed by atoms with Crippen LogP contribution in [0.5, 0.6) is 0 Å². The number of hydrogen-bond donors (Lipinski definition) is 2. The summed E-state index contributed by atoms with van der Waals surface area (Å²) < 4.78 is 0. The van der Waals surface area contributed by atoms with E-state index in [1.807, 2.05) is 6.20 Å². The van der Waals surface area contributed by atoms with Gasteiger partial charge in [-0.15, -0.1) is 5.10 Å². The van der Waals surface area contributed by atoms with E-state index in [9.17, 15) is 0 Å². The Hall–Kier alpha value is -2.36. The van der Waals surface area contributed by atoms with Gasteiger partial charge in [-0.1, -0.05) is 39.0 Å². The van der Waals surface area contributed by atoms with Gasteiger partial charge in [-0.3, -0.25) is 0 Å². The highest BCUT2D eigenvalue weighted by molar-refractivity contribution is 6.00. The summed E-state index contributed by atoms with van der Waals surface area (Å²) in [4.78, 5) is 3.27. The van der Waals surface area contributed by atoms with Gasteiger partial charge in [-0.2, -0.15) is 5.10 Å². The fraction of sp³-hybridized carbons (Fsp3) is 0.294. The minimum absolute atomic E-state index is 0.0904. The monoisotopic (exact) mass is 278 g/mol. The van der Waals surface area contributed by atoms with E-state index in [2.05, 4.69) is 71.7 Å². The van der Waals surface area contributed by atoms with Crippen molar-refractivity contribution in [2.45, 2.75) is 26.8 Å². The van der Waals surface area contributed by atoms with Crippen LogP contribution in [0.1, 0.15) is 32.4 Å². The number of nitrogens with one attached hydrogen (secondary N) is 2. The van der Waals surface area contributed by atoms with Crippen LogP contribution in [0.3, 0.4) is 0 Å². The van der Waals surface area contributed by atoms with Crippen LogP contribution in [0.4, 0.5) is 5.69 Å². The molecule has 106 valence electrons. The molecule has 1 aliphatic heterocycles. The fourth-order valence-electron chi connectivity index (χ4n) is 3.19. The van der Waals surface area contributed by atoms with Crippen LogP contribution in [-0.4, -0.2) is 15.2 Å². The summed E-state index contributed by atoms with van der Waals surface area (Å²) in [5.74, 6) is 0. The molecule has 4 nitrogen and oxygen atoms in total. The van der Waals surface area contributed by atoms with Gasteiger partial charge in [-0.25, -0.2) is 0 Å². The maximum absolute atomic E-state index is 4.24. The molecule has 3 heterocycles. The minimum atomic E-state index is 0.0904. The standard InChI is InChI=1S/C17H18N4/c1-17(2,3)15-12-8-18-16-14(12)11(9-19-21-16)10-6-4-5-7-13(10)20-15/h4-9,15,20H,1-3H3,(H,18,21). The molecular weight excluding hydrogens is 260 g/mol. The lowest BCUT2D eigenvalue weighted by Gasteiger charge is -2.31. The van der Waals surface area contributed by atoms with Crippen molar-refractivity contribution in [1.82, 2.24) is 15.2 Å². The maximum Gasteiger partial charge on any atom is 0.160 e. The van der Waals surface area contributed by atoms with Crippen molar-refractivity contribution in [3.05, 3.63) is 42.2 Å². The summed E-state index contributed by atoms with van der Waals surface area (Å²) in [5, 5.41) is 13.3. The predicted molar refractivity (Wildman–Crippen MR) is 85.1 cm³/mol. The molecule has 0 spiro atoms. The van der Waals surface area contributed by atoms with Crippen LogP contribution in [0.25, 0.3) is 22.2 Å². The molecule has 1 unspecified atom stereocenters. The number of aromatic amines is 1. The number of hydrogen-bond acceptors (Lipinski definition) is 3. The molecule has 0 fully saturated rings. The van der Waals surface area contributed by atoms with Gasteiger partial charge in [0.25, 0.3) is 0 Å². The van der Waals surface area contributed by atoms with Crippen molar-refractivity contribution in [2.24, 2.45) is 5.41 Å². The lowest BCUT2D eigenvalue weighted by atomic mass is 9.82. The molecule has 1 atom stereocenters. The number of rotatable bonds is 0. The minimum Gasteiger partial charge on any atom is -0.377 e. The Balaban J connectivity index is 2.12. The second-order valence-corrected chi connectivity index (χ2v) is 6.71. The van der Waals surface area contributed by atoms with Crippen LogP contribution in [-0.2, 0) is 0 Å². The smallest absolute Gasteiger partial charge is 0.160 e. The van der Waals surface area contributed by atoms with Crippen molar-refractivity contribution < 1.29 is 0 Å². The third-order valence-corrected chi connectivity index (χ3v) is 4.20. The zero-order valence-corrected chi connectivity index (χ0v) is 12.4. The second kappa shape index (κ2) is 4.07. The molecule has 0 saturated heterocycles. The Morgan fingerprint density at radius 3 is 2.71 bits per heavy atom. The Morgan fingerprint density at radius 1 is 1.10 bits per heavy atom. The first kappa shape index (κ1) is 12.4. The Bertz CT molecular complexity index is 826. The molecule has 2 N–H and O–H groups in total. The largest absolute Gasteiger partial charge is 0.377 e. The van der Waals surface area contributed by atoms with Gasteiger partial charge in [0.1, 0.15) is 0 Å². The van der Waals surface area contributed by atoms with Crippen molar-refractivity contribution in [3.63, 3.8) is 0 Å². The predicted octanol–water partition coefficient (Wildman–Crippen LogP) is 4.14. The molecule has 1 aromatic carbocycles. The van der Waals surface area contributed by atoms with E-state index in [4.69, 9.17) is 0 Å². The summed E-state index contributed by atoms with van der Waals surface area (Å²) in [6.07, 6.45) is 3.93. The van der Waals surface area contributed by atoms with Gasteiger partial charge in [0.2, 0.25) is 0 Å². The van der Waals surface area contributed by atoms with Crippen LogP contribution >= 0.6 is 0 Å². The van der Waals surface area contributed by atoms with E-state index >= 15 is 0 Å². The first-order chi connectivity index (χ1) is 10.1. The van der Waals surface area contributed by atoms with Crippen molar-refractivity contribution >= 4 is 16.7 Å². The maximum atomic E-state index is 4.24. The average Bonchev–Trinajstić information content (AvgIpc) is 2.80. The van der Waals surface area contributed by atoms with Gasteiger partial charge >= 0.3 is 0 Å². The van der Waals surface area contributed by atoms with Crippen molar-refractivity contribution in [3.8, 4) is 11.1 Å². The van der Waals surface area contributed by atoms with Gasteiger partial charge < -0.3 is 10.3 Å². The number of benzene rings is 1. The quantitative estimate of drug-likeness (QED) is 0.650. The third kappa shape index (κ3) is 1.75. The summed E-state index contributed by atoms with van der Waals surface area (Å²) >= 11 is 0. The highest BCUT2D eigenvalue weighted by Gasteiger charge is 2.32. The first-order valence-corrected chi connectivity index (χ1v) is 7.24.